The van der Waals surface area contributed by atoms with E-state index >= 15 is 0 Å². The van der Waals surface area contributed by atoms with Crippen molar-refractivity contribution in [3.63, 3.8) is 0 Å². The molecule has 8 heteroatoms. The van der Waals surface area contributed by atoms with E-state index in [2.05, 4.69) is 5.32 Å². The molecular formula is C9H20N2O5S. The Morgan fingerprint density at radius 1 is 1.41 bits per heavy atom. The number of nitrogens with one attached hydrogen (secondary N) is 1. The summed E-state index contributed by atoms with van der Waals surface area (Å²) in [6, 6.07) is -0.984. The minimum absolute atomic E-state index is 0.00238. The Hall–Kier alpha value is -0.700. The smallest absolute Gasteiger partial charge is 0.237 e. The molecular weight excluding hydrogens is 248 g/mol. The summed E-state index contributed by atoms with van der Waals surface area (Å²) in [6.45, 7) is 0.580. The predicted octanol–water partition coefficient (Wildman–Crippen LogP) is -2.39. The van der Waals surface area contributed by atoms with Gasteiger partial charge in [-0.2, -0.15) is 0 Å². The number of aliphatic hydroxyl groups is 2. The highest BCUT2D eigenvalue weighted by atomic mass is 32.2. The van der Waals surface area contributed by atoms with Crippen LogP contribution in [0.2, 0.25) is 0 Å². The summed E-state index contributed by atoms with van der Waals surface area (Å²) < 4.78 is 21.8. The van der Waals surface area contributed by atoms with Gasteiger partial charge in [0.15, 0.2) is 0 Å². The van der Waals surface area contributed by atoms with Gasteiger partial charge in [-0.25, -0.2) is 8.42 Å². The number of aliphatic hydroxyl groups excluding tert-OH is 2. The number of amides is 1. The zero-order valence-corrected chi connectivity index (χ0v) is 10.8. The number of nitrogens with two attached hydrogens (primary N) is 1. The van der Waals surface area contributed by atoms with E-state index in [1.54, 1.807) is 0 Å². The third-order valence-electron chi connectivity index (χ3n) is 2.26. The van der Waals surface area contributed by atoms with Crippen molar-refractivity contribution in [2.24, 2.45) is 5.73 Å². The second kappa shape index (κ2) is 6.29. The molecule has 0 heterocycles. The van der Waals surface area contributed by atoms with Crippen LogP contribution in [0.5, 0.6) is 0 Å². The first kappa shape index (κ1) is 16.3. The largest absolute Gasteiger partial charge is 0.394 e. The molecule has 0 aliphatic heterocycles. The van der Waals surface area contributed by atoms with Gasteiger partial charge in [-0.15, -0.1) is 0 Å². The highest BCUT2D eigenvalue weighted by molar-refractivity contribution is 7.90. The maximum atomic E-state index is 11.5. The molecule has 7 nitrogen and oxygen atoms in total. The molecule has 1 atom stereocenters. The van der Waals surface area contributed by atoms with Gasteiger partial charge in [-0.3, -0.25) is 4.79 Å². The molecule has 0 aliphatic rings. The van der Waals surface area contributed by atoms with E-state index in [1.807, 2.05) is 0 Å². The van der Waals surface area contributed by atoms with Crippen LogP contribution in [-0.4, -0.2) is 61.3 Å². The lowest BCUT2D eigenvalue weighted by atomic mass is 10.0. The quantitative estimate of drug-likeness (QED) is 0.407. The fourth-order valence-electron chi connectivity index (χ4n) is 0.991. The molecule has 0 saturated heterocycles. The Kier molecular flexibility index (Phi) is 6.03. The van der Waals surface area contributed by atoms with Crippen LogP contribution < -0.4 is 11.1 Å². The van der Waals surface area contributed by atoms with Gasteiger partial charge >= 0.3 is 0 Å². The summed E-state index contributed by atoms with van der Waals surface area (Å²) in [6.07, 6.45) is 1.06. The molecule has 1 unspecified atom stereocenters. The zero-order valence-electron chi connectivity index (χ0n) is 10.0. The summed E-state index contributed by atoms with van der Waals surface area (Å²) in [5, 5.41) is 20.3. The molecule has 5 N–H and O–H groups in total. The Balaban J connectivity index is 4.32. The number of rotatable bonds is 7. The molecule has 0 aromatic carbocycles. The lowest BCUT2D eigenvalue weighted by Gasteiger charge is -2.27. The minimum Gasteiger partial charge on any atom is -0.394 e. The van der Waals surface area contributed by atoms with Crippen LogP contribution in [0.15, 0.2) is 0 Å². The van der Waals surface area contributed by atoms with Crippen molar-refractivity contribution in [1.29, 1.82) is 0 Å². The number of carbonyl (C=O) groups excluding carboxylic acids is 1. The monoisotopic (exact) mass is 268 g/mol. The van der Waals surface area contributed by atoms with Crippen LogP contribution in [0.4, 0.5) is 0 Å². The molecule has 102 valence electrons. The normalized spacial score (nSPS) is 14.4. The van der Waals surface area contributed by atoms with Crippen molar-refractivity contribution in [2.45, 2.75) is 24.9 Å². The van der Waals surface area contributed by atoms with Crippen LogP contribution in [-0.2, 0) is 14.6 Å². The number of sulfone groups is 1. The Morgan fingerprint density at radius 2 is 1.88 bits per heavy atom. The standard InChI is InChI=1S/C9H20N2O5S/c1-9(5-12,6-13)11-8(14)7(10)3-4-17(2,15)16/h7,12-13H,3-6,10H2,1-2H3,(H,11,14). The van der Waals surface area contributed by atoms with Gasteiger partial charge in [0.2, 0.25) is 5.91 Å². The highest BCUT2D eigenvalue weighted by Crippen LogP contribution is 2.02. The van der Waals surface area contributed by atoms with E-state index in [4.69, 9.17) is 15.9 Å². The van der Waals surface area contributed by atoms with E-state index in [0.717, 1.165) is 6.26 Å². The topological polar surface area (TPSA) is 130 Å². The van der Waals surface area contributed by atoms with E-state index in [1.165, 1.54) is 6.92 Å². The first-order chi connectivity index (χ1) is 7.63. The number of hydrogen-bond donors (Lipinski definition) is 4. The van der Waals surface area contributed by atoms with Crippen LogP contribution in [0.3, 0.4) is 0 Å². The summed E-state index contributed by atoms with van der Waals surface area (Å²) in [5.74, 6) is -0.782. The Morgan fingerprint density at radius 3 is 2.24 bits per heavy atom. The molecule has 0 aromatic rings. The number of carbonyl (C=O) groups is 1. The van der Waals surface area contributed by atoms with Crippen LogP contribution in [0.25, 0.3) is 0 Å². The second-order valence-corrected chi connectivity index (χ2v) is 6.65. The molecule has 0 aromatic heterocycles. The average Bonchev–Trinajstić information content (AvgIpc) is 2.24. The van der Waals surface area contributed by atoms with Gasteiger partial charge in [-0.05, 0) is 13.3 Å². The van der Waals surface area contributed by atoms with Gasteiger partial charge < -0.3 is 21.3 Å². The van der Waals surface area contributed by atoms with Gasteiger partial charge in [0.1, 0.15) is 9.84 Å². The van der Waals surface area contributed by atoms with Crippen molar-refractivity contribution < 1.29 is 23.4 Å². The Bertz CT molecular complexity index is 350. The van der Waals surface area contributed by atoms with Gasteiger partial charge in [0, 0.05) is 6.26 Å². The molecule has 0 spiro atoms. The van der Waals surface area contributed by atoms with Crippen molar-refractivity contribution in [2.75, 3.05) is 25.2 Å². The average molecular weight is 268 g/mol. The lowest BCUT2D eigenvalue weighted by Crippen LogP contribution is -2.56. The summed E-state index contributed by atoms with van der Waals surface area (Å²) in [4.78, 5) is 11.5. The number of hydrogen-bond acceptors (Lipinski definition) is 6. The summed E-state index contributed by atoms with van der Waals surface area (Å²) in [7, 11) is -3.17. The van der Waals surface area contributed by atoms with Gasteiger partial charge in [0.25, 0.3) is 0 Å². The van der Waals surface area contributed by atoms with Crippen molar-refractivity contribution >= 4 is 15.7 Å². The summed E-state index contributed by atoms with van der Waals surface area (Å²) in [5.41, 5.74) is 4.35. The van der Waals surface area contributed by atoms with Crippen LogP contribution in [0, 0.1) is 0 Å². The molecule has 0 saturated carbocycles. The zero-order chi connectivity index (χ0) is 13.7. The maximum Gasteiger partial charge on any atom is 0.237 e. The Labute approximate surface area is 101 Å². The molecule has 17 heavy (non-hydrogen) atoms. The first-order valence-electron chi connectivity index (χ1n) is 5.10. The molecule has 0 bridgehead atoms. The lowest BCUT2D eigenvalue weighted by molar-refractivity contribution is -0.125. The fraction of sp³-hybridized carbons (Fsp3) is 0.889. The summed E-state index contributed by atoms with van der Waals surface area (Å²) >= 11 is 0. The molecule has 0 rings (SSSR count). The molecule has 0 fully saturated rings. The van der Waals surface area contributed by atoms with Crippen LogP contribution in [0.1, 0.15) is 13.3 Å². The van der Waals surface area contributed by atoms with E-state index in [0.29, 0.717) is 0 Å². The van der Waals surface area contributed by atoms with E-state index in [-0.39, 0.29) is 12.2 Å². The van der Waals surface area contributed by atoms with Crippen molar-refractivity contribution in [3.05, 3.63) is 0 Å². The fourth-order valence-corrected chi connectivity index (χ4v) is 1.67. The van der Waals surface area contributed by atoms with Crippen molar-refractivity contribution in [3.8, 4) is 0 Å². The molecule has 1 amide bonds. The second-order valence-electron chi connectivity index (χ2n) is 4.39. The minimum atomic E-state index is -3.17. The molecule has 0 radical (unpaired) electrons. The highest BCUT2D eigenvalue weighted by Gasteiger charge is 2.27. The SMILES string of the molecule is CC(CO)(CO)NC(=O)C(N)CCS(C)(=O)=O. The predicted molar refractivity (Wildman–Crippen MR) is 63.0 cm³/mol. The maximum absolute atomic E-state index is 11.5. The third-order valence-corrected chi connectivity index (χ3v) is 3.24. The van der Waals surface area contributed by atoms with Crippen LogP contribution >= 0.6 is 0 Å². The van der Waals surface area contributed by atoms with Crippen molar-refractivity contribution in [1.82, 2.24) is 5.32 Å². The first-order valence-corrected chi connectivity index (χ1v) is 7.16. The third kappa shape index (κ3) is 6.57. The van der Waals surface area contributed by atoms with Gasteiger partial charge in [0.05, 0.1) is 30.5 Å². The van der Waals surface area contributed by atoms with E-state index in [9.17, 15) is 13.2 Å². The molecule has 0 aliphatic carbocycles. The van der Waals surface area contributed by atoms with Gasteiger partial charge in [-0.1, -0.05) is 0 Å². The van der Waals surface area contributed by atoms with E-state index < -0.39 is 40.5 Å².